The van der Waals surface area contributed by atoms with Crippen LogP contribution >= 0.6 is 11.6 Å². The quantitative estimate of drug-likeness (QED) is 0.626. The summed E-state index contributed by atoms with van der Waals surface area (Å²) in [5, 5.41) is 11.4. The lowest BCUT2D eigenvalue weighted by molar-refractivity contribution is -0.384. The normalized spacial score (nSPS) is 14.2. The highest BCUT2D eigenvalue weighted by Gasteiger charge is 2.30. The average molecular weight is 347 g/mol. The number of ether oxygens (including phenoxy) is 1. The largest absolute Gasteiger partial charge is 0.479 e. The zero-order chi connectivity index (χ0) is 17.3. The predicted molar refractivity (Wildman–Crippen MR) is 90.7 cm³/mol. The highest BCUT2D eigenvalue weighted by molar-refractivity contribution is 6.32. The van der Waals surface area contributed by atoms with Gasteiger partial charge in [-0.2, -0.15) is 0 Å². The molecule has 0 saturated carbocycles. The van der Waals surface area contributed by atoms with Gasteiger partial charge in [0.15, 0.2) is 6.10 Å². The Labute approximate surface area is 143 Å². The Morgan fingerprint density at radius 3 is 2.79 bits per heavy atom. The van der Waals surface area contributed by atoms with Crippen molar-refractivity contribution in [2.45, 2.75) is 19.4 Å². The maximum Gasteiger partial charge on any atom is 0.271 e. The van der Waals surface area contributed by atoms with Gasteiger partial charge in [-0.3, -0.25) is 14.9 Å². The van der Waals surface area contributed by atoms with Gasteiger partial charge in [-0.15, -0.1) is 0 Å². The number of non-ortho nitro benzene ring substituents is 1. The van der Waals surface area contributed by atoms with Crippen LogP contribution in [-0.2, 0) is 11.2 Å². The summed E-state index contributed by atoms with van der Waals surface area (Å²) in [4.78, 5) is 24.7. The zero-order valence-electron chi connectivity index (χ0n) is 12.9. The van der Waals surface area contributed by atoms with Crippen LogP contribution in [0.5, 0.6) is 5.75 Å². The van der Waals surface area contributed by atoms with Crippen molar-refractivity contribution in [1.82, 2.24) is 0 Å². The van der Waals surface area contributed by atoms with Crippen molar-refractivity contribution in [1.29, 1.82) is 0 Å². The van der Waals surface area contributed by atoms with Gasteiger partial charge in [-0.1, -0.05) is 29.8 Å². The molecule has 0 aliphatic carbocycles. The zero-order valence-corrected chi connectivity index (χ0v) is 13.7. The van der Waals surface area contributed by atoms with Crippen LogP contribution in [0.3, 0.4) is 0 Å². The topological polar surface area (TPSA) is 72.7 Å². The molecule has 6 nitrogen and oxygen atoms in total. The number of carbonyl (C=O) groups is 1. The number of anilines is 1. The van der Waals surface area contributed by atoms with E-state index in [2.05, 4.69) is 0 Å². The monoisotopic (exact) mass is 346 g/mol. The molecule has 0 aromatic heterocycles. The molecule has 0 radical (unpaired) electrons. The third-order valence-electron chi connectivity index (χ3n) is 3.93. The second-order valence-corrected chi connectivity index (χ2v) is 5.91. The molecule has 1 atom stereocenters. The molecule has 124 valence electrons. The van der Waals surface area contributed by atoms with Gasteiger partial charge in [0.25, 0.3) is 11.6 Å². The first-order valence-electron chi connectivity index (χ1n) is 7.47. The Kier molecular flexibility index (Phi) is 4.40. The SMILES string of the molecule is CC(Oc1ccccc1Cl)C(=O)N1CCc2ccc([N+](=O)[O-])cc21. The van der Waals surface area contributed by atoms with E-state index in [9.17, 15) is 14.9 Å². The van der Waals surface area contributed by atoms with Crippen LogP contribution < -0.4 is 9.64 Å². The first kappa shape index (κ1) is 16.3. The molecule has 0 spiro atoms. The number of carbonyl (C=O) groups excluding carboxylic acids is 1. The van der Waals surface area contributed by atoms with Gasteiger partial charge < -0.3 is 9.64 Å². The van der Waals surface area contributed by atoms with Gasteiger partial charge in [0.2, 0.25) is 0 Å². The van der Waals surface area contributed by atoms with Gasteiger partial charge in [0, 0.05) is 18.7 Å². The summed E-state index contributed by atoms with van der Waals surface area (Å²) in [6, 6.07) is 11.5. The van der Waals surface area contributed by atoms with Crippen LogP contribution in [0.4, 0.5) is 11.4 Å². The Bertz CT molecular complexity index is 809. The number of benzene rings is 2. The fourth-order valence-corrected chi connectivity index (χ4v) is 2.89. The molecular formula is C17H15ClN2O4. The van der Waals surface area contributed by atoms with Crippen molar-refractivity contribution in [3.8, 4) is 5.75 Å². The van der Waals surface area contributed by atoms with Gasteiger partial charge >= 0.3 is 0 Å². The molecule has 2 aromatic carbocycles. The minimum Gasteiger partial charge on any atom is -0.479 e. The molecule has 1 heterocycles. The van der Waals surface area contributed by atoms with Gasteiger partial charge in [-0.05, 0) is 31.0 Å². The first-order valence-corrected chi connectivity index (χ1v) is 7.85. The fourth-order valence-electron chi connectivity index (χ4n) is 2.71. The standard InChI is InChI=1S/C17H15ClN2O4/c1-11(24-16-5-3-2-4-14(16)18)17(21)19-9-8-12-6-7-13(20(22)23)10-15(12)19/h2-7,10-11H,8-9H2,1H3. The molecule has 0 saturated heterocycles. The van der Waals surface area contributed by atoms with E-state index in [1.54, 1.807) is 37.3 Å². The van der Waals surface area contributed by atoms with Crippen LogP contribution in [0.1, 0.15) is 12.5 Å². The van der Waals surface area contributed by atoms with Gasteiger partial charge in [0.1, 0.15) is 5.75 Å². The van der Waals surface area contributed by atoms with Crippen molar-refractivity contribution >= 4 is 28.9 Å². The van der Waals surface area contributed by atoms with Crippen molar-refractivity contribution in [2.75, 3.05) is 11.4 Å². The molecule has 7 heteroatoms. The van der Waals surface area contributed by atoms with Crippen LogP contribution in [0.25, 0.3) is 0 Å². The van der Waals surface area contributed by atoms with E-state index in [0.29, 0.717) is 29.4 Å². The minimum atomic E-state index is -0.755. The summed E-state index contributed by atoms with van der Waals surface area (Å²) in [5.74, 6) is 0.174. The number of fused-ring (bicyclic) bond motifs is 1. The number of amides is 1. The first-order chi connectivity index (χ1) is 11.5. The smallest absolute Gasteiger partial charge is 0.271 e. The number of nitro benzene ring substituents is 1. The number of nitro groups is 1. The maximum absolute atomic E-state index is 12.7. The lowest BCUT2D eigenvalue weighted by Crippen LogP contribution is -2.39. The highest BCUT2D eigenvalue weighted by atomic mass is 35.5. The molecular weight excluding hydrogens is 332 g/mol. The Morgan fingerprint density at radius 2 is 2.08 bits per heavy atom. The van der Waals surface area contributed by atoms with Crippen LogP contribution in [0.2, 0.25) is 5.02 Å². The van der Waals surface area contributed by atoms with Gasteiger partial charge in [0.05, 0.1) is 15.6 Å². The molecule has 3 rings (SSSR count). The van der Waals surface area contributed by atoms with E-state index in [0.717, 1.165) is 5.56 Å². The Hall–Kier alpha value is -2.60. The minimum absolute atomic E-state index is 0.0341. The van der Waals surface area contributed by atoms with Crippen molar-refractivity contribution in [2.24, 2.45) is 0 Å². The lowest BCUT2D eigenvalue weighted by Gasteiger charge is -2.22. The third kappa shape index (κ3) is 3.05. The predicted octanol–water partition coefficient (Wildman–Crippen LogP) is 3.60. The molecule has 1 aliphatic rings. The number of halogens is 1. The number of nitrogens with zero attached hydrogens (tertiary/aromatic N) is 2. The van der Waals surface area contributed by atoms with Crippen LogP contribution in [-0.4, -0.2) is 23.5 Å². The molecule has 2 aromatic rings. The number of para-hydroxylation sites is 1. The van der Waals surface area contributed by atoms with Gasteiger partial charge in [-0.25, -0.2) is 0 Å². The number of hydrogen-bond acceptors (Lipinski definition) is 4. The summed E-state index contributed by atoms with van der Waals surface area (Å²) >= 11 is 6.04. The molecule has 0 bridgehead atoms. The second kappa shape index (κ2) is 6.49. The summed E-state index contributed by atoms with van der Waals surface area (Å²) in [5.41, 5.74) is 1.45. The number of rotatable bonds is 4. The maximum atomic E-state index is 12.7. The van der Waals surface area contributed by atoms with Crippen molar-refractivity contribution in [3.63, 3.8) is 0 Å². The molecule has 0 N–H and O–H groups in total. The molecule has 1 unspecified atom stereocenters. The fraction of sp³-hybridized carbons (Fsp3) is 0.235. The molecule has 1 aliphatic heterocycles. The lowest BCUT2D eigenvalue weighted by atomic mass is 10.1. The van der Waals surface area contributed by atoms with E-state index in [-0.39, 0.29) is 11.6 Å². The van der Waals surface area contributed by atoms with E-state index >= 15 is 0 Å². The summed E-state index contributed by atoms with van der Waals surface area (Å²) < 4.78 is 5.66. The van der Waals surface area contributed by atoms with Crippen molar-refractivity contribution < 1.29 is 14.5 Å². The molecule has 1 amide bonds. The summed E-state index contributed by atoms with van der Waals surface area (Å²) in [6.45, 7) is 2.12. The summed E-state index contributed by atoms with van der Waals surface area (Å²) in [7, 11) is 0. The Balaban J connectivity index is 1.81. The second-order valence-electron chi connectivity index (χ2n) is 5.50. The van der Waals surface area contributed by atoms with E-state index in [1.165, 1.54) is 17.0 Å². The number of hydrogen-bond donors (Lipinski definition) is 0. The molecule has 0 fully saturated rings. The average Bonchev–Trinajstić information content (AvgIpc) is 2.99. The molecule has 24 heavy (non-hydrogen) atoms. The van der Waals surface area contributed by atoms with E-state index in [4.69, 9.17) is 16.3 Å². The highest BCUT2D eigenvalue weighted by Crippen LogP contribution is 2.33. The van der Waals surface area contributed by atoms with Crippen LogP contribution in [0.15, 0.2) is 42.5 Å². The Morgan fingerprint density at radius 1 is 1.33 bits per heavy atom. The van der Waals surface area contributed by atoms with Crippen LogP contribution in [0, 0.1) is 10.1 Å². The summed E-state index contributed by atoms with van der Waals surface area (Å²) in [6.07, 6.45) is -0.0900. The third-order valence-corrected chi connectivity index (χ3v) is 4.24. The van der Waals surface area contributed by atoms with Crippen molar-refractivity contribution in [3.05, 3.63) is 63.2 Å². The van der Waals surface area contributed by atoms with E-state index in [1.807, 2.05) is 0 Å². The van der Waals surface area contributed by atoms with E-state index < -0.39 is 11.0 Å².